The molecule has 0 heterocycles. The summed E-state index contributed by atoms with van der Waals surface area (Å²) < 4.78 is 10.8. The molecule has 0 radical (unpaired) electrons. The van der Waals surface area contributed by atoms with Crippen molar-refractivity contribution in [1.29, 1.82) is 0 Å². The molecule has 4 heteroatoms. The lowest BCUT2D eigenvalue weighted by molar-refractivity contribution is 0.108. The van der Waals surface area contributed by atoms with Gasteiger partial charge in [-0.2, -0.15) is 0 Å². The van der Waals surface area contributed by atoms with Crippen LogP contribution in [-0.4, -0.2) is 49.9 Å². The van der Waals surface area contributed by atoms with Gasteiger partial charge in [0, 0.05) is 39.6 Å². The van der Waals surface area contributed by atoms with E-state index in [-0.39, 0.29) is 13.2 Å². The van der Waals surface area contributed by atoms with Crippen LogP contribution in [0.3, 0.4) is 0 Å². The lowest BCUT2D eigenvalue weighted by atomic mass is 10.2. The van der Waals surface area contributed by atoms with Crippen molar-refractivity contribution in [2.24, 2.45) is 0 Å². The van der Waals surface area contributed by atoms with E-state index >= 15 is 0 Å². The quantitative estimate of drug-likeness (QED) is 0.460. The van der Waals surface area contributed by atoms with E-state index in [1.165, 1.54) is 12.8 Å². The highest BCUT2D eigenvalue weighted by atomic mass is 16.5. The Morgan fingerprint density at radius 3 is 1.35 bits per heavy atom. The number of hydrogen-bond acceptors (Lipinski definition) is 4. The van der Waals surface area contributed by atoms with Crippen LogP contribution >= 0.6 is 0 Å². The van der Waals surface area contributed by atoms with E-state index in [0.717, 1.165) is 51.9 Å². The Balaban J connectivity index is 2.85. The van der Waals surface area contributed by atoms with Crippen LogP contribution in [0, 0.1) is 0 Å². The van der Waals surface area contributed by atoms with E-state index in [4.69, 9.17) is 19.7 Å². The van der Waals surface area contributed by atoms with Gasteiger partial charge in [0.1, 0.15) is 0 Å². The van der Waals surface area contributed by atoms with E-state index in [0.29, 0.717) is 6.61 Å². The molecule has 0 aromatic carbocycles. The van der Waals surface area contributed by atoms with Crippen LogP contribution in [0.5, 0.6) is 0 Å². The van der Waals surface area contributed by atoms with Crippen LogP contribution in [-0.2, 0) is 9.47 Å². The molecule has 0 aliphatic carbocycles. The minimum atomic E-state index is 0.216. The van der Waals surface area contributed by atoms with Crippen molar-refractivity contribution >= 4 is 0 Å². The smallest absolute Gasteiger partial charge is 0.0487 e. The fraction of sp³-hybridized carbons (Fsp3) is 1.00. The molecule has 0 aliphatic heterocycles. The maximum Gasteiger partial charge on any atom is 0.0487 e. The van der Waals surface area contributed by atoms with Gasteiger partial charge in [-0.05, 0) is 32.1 Å². The third-order valence-electron chi connectivity index (χ3n) is 2.47. The van der Waals surface area contributed by atoms with Crippen LogP contribution in [0.1, 0.15) is 44.9 Å². The fourth-order valence-electron chi connectivity index (χ4n) is 1.45. The lowest BCUT2D eigenvalue weighted by Gasteiger charge is -2.04. The Morgan fingerprint density at radius 1 is 0.471 bits per heavy atom. The monoisotopic (exact) mass is 248 g/mol. The number of hydrogen-bond donors (Lipinski definition) is 2. The maximum atomic E-state index is 8.56. The summed E-state index contributed by atoms with van der Waals surface area (Å²) in [6, 6.07) is 0. The van der Waals surface area contributed by atoms with Crippen molar-refractivity contribution < 1.29 is 19.7 Å². The molecule has 2 N–H and O–H groups in total. The molecule has 0 aliphatic rings. The zero-order chi connectivity index (χ0) is 12.6. The second-order valence-electron chi connectivity index (χ2n) is 4.15. The first-order valence-corrected chi connectivity index (χ1v) is 6.79. The highest BCUT2D eigenvalue weighted by Gasteiger charge is 1.93. The molecule has 0 amide bonds. The average molecular weight is 248 g/mol. The minimum Gasteiger partial charge on any atom is -0.396 e. The molecule has 17 heavy (non-hydrogen) atoms. The largest absolute Gasteiger partial charge is 0.396 e. The van der Waals surface area contributed by atoms with Gasteiger partial charge in [0.2, 0.25) is 0 Å². The van der Waals surface area contributed by atoms with Gasteiger partial charge >= 0.3 is 0 Å². The van der Waals surface area contributed by atoms with Crippen molar-refractivity contribution in [2.75, 3.05) is 39.6 Å². The summed E-state index contributed by atoms with van der Waals surface area (Å²) >= 11 is 0. The molecule has 0 fully saturated rings. The molecule has 104 valence electrons. The number of aliphatic hydroxyl groups excluding tert-OH is 2. The molecule has 0 unspecified atom stereocenters. The third kappa shape index (κ3) is 15.8. The van der Waals surface area contributed by atoms with Gasteiger partial charge in [-0.25, -0.2) is 0 Å². The predicted octanol–water partition coefficient (Wildman–Crippen LogP) is 1.73. The first kappa shape index (κ1) is 16.8. The Bertz CT molecular complexity index is 117. The molecule has 0 saturated carbocycles. The summed E-state index contributed by atoms with van der Waals surface area (Å²) in [4.78, 5) is 0. The highest BCUT2D eigenvalue weighted by Crippen LogP contribution is 2.01. The van der Waals surface area contributed by atoms with Gasteiger partial charge in [-0.3, -0.25) is 0 Å². The molecule has 0 spiro atoms. The van der Waals surface area contributed by atoms with Crippen molar-refractivity contribution in [3.05, 3.63) is 0 Å². The Labute approximate surface area is 105 Å². The van der Waals surface area contributed by atoms with Gasteiger partial charge in [0.25, 0.3) is 0 Å². The molecule has 0 bridgehead atoms. The van der Waals surface area contributed by atoms with Crippen molar-refractivity contribution in [3.8, 4) is 0 Å². The average Bonchev–Trinajstić information content (AvgIpc) is 2.35. The standard InChI is InChI=1S/C13H28O4/c14-8-3-6-12-16-10-4-1-2-5-11-17-13-7-9-15/h14-15H,1-13H2. The topological polar surface area (TPSA) is 58.9 Å². The number of aliphatic hydroxyl groups is 2. The van der Waals surface area contributed by atoms with E-state index in [1.807, 2.05) is 0 Å². The van der Waals surface area contributed by atoms with E-state index in [1.54, 1.807) is 0 Å². The van der Waals surface area contributed by atoms with Crippen molar-refractivity contribution in [3.63, 3.8) is 0 Å². The summed E-state index contributed by atoms with van der Waals surface area (Å²) in [5, 5.41) is 17.1. The van der Waals surface area contributed by atoms with Gasteiger partial charge in [-0.1, -0.05) is 12.8 Å². The van der Waals surface area contributed by atoms with Crippen molar-refractivity contribution in [1.82, 2.24) is 0 Å². The van der Waals surface area contributed by atoms with Gasteiger partial charge in [-0.15, -0.1) is 0 Å². The predicted molar refractivity (Wildman–Crippen MR) is 68.1 cm³/mol. The Kier molecular flexibility index (Phi) is 15.7. The van der Waals surface area contributed by atoms with Crippen LogP contribution < -0.4 is 0 Å². The first-order chi connectivity index (χ1) is 8.41. The summed E-state index contributed by atoms with van der Waals surface area (Å²) in [6.45, 7) is 3.55. The van der Waals surface area contributed by atoms with E-state index in [2.05, 4.69) is 0 Å². The molecule has 0 rings (SSSR count). The van der Waals surface area contributed by atoms with Gasteiger partial charge in [0.05, 0.1) is 0 Å². The highest BCUT2D eigenvalue weighted by molar-refractivity contribution is 4.44. The molecular weight excluding hydrogens is 220 g/mol. The number of ether oxygens (including phenoxy) is 2. The molecule has 0 saturated heterocycles. The minimum absolute atomic E-state index is 0.216. The molecular formula is C13H28O4. The second kappa shape index (κ2) is 15.8. The number of rotatable bonds is 14. The van der Waals surface area contributed by atoms with Gasteiger partial charge in [0.15, 0.2) is 0 Å². The molecule has 0 atom stereocenters. The zero-order valence-corrected chi connectivity index (χ0v) is 10.9. The lowest BCUT2D eigenvalue weighted by Crippen LogP contribution is -2.00. The summed E-state index contributed by atoms with van der Waals surface area (Å²) in [5.74, 6) is 0. The third-order valence-corrected chi connectivity index (χ3v) is 2.47. The second-order valence-corrected chi connectivity index (χ2v) is 4.15. The molecule has 4 nitrogen and oxygen atoms in total. The molecule has 0 aromatic heterocycles. The fourth-order valence-corrected chi connectivity index (χ4v) is 1.45. The maximum absolute atomic E-state index is 8.56. The van der Waals surface area contributed by atoms with Crippen LogP contribution in [0.2, 0.25) is 0 Å². The zero-order valence-electron chi connectivity index (χ0n) is 10.9. The molecule has 0 aromatic rings. The Morgan fingerprint density at radius 2 is 0.882 bits per heavy atom. The van der Waals surface area contributed by atoms with Crippen LogP contribution in [0.4, 0.5) is 0 Å². The first-order valence-electron chi connectivity index (χ1n) is 6.79. The van der Waals surface area contributed by atoms with Crippen LogP contribution in [0.15, 0.2) is 0 Å². The van der Waals surface area contributed by atoms with E-state index in [9.17, 15) is 0 Å². The Hall–Kier alpha value is -0.160. The van der Waals surface area contributed by atoms with E-state index < -0.39 is 0 Å². The van der Waals surface area contributed by atoms with Crippen molar-refractivity contribution in [2.45, 2.75) is 44.9 Å². The number of unbranched alkanes of at least 4 members (excludes halogenated alkanes) is 4. The SMILES string of the molecule is OCCCCOCCCCCCOCCCO. The summed E-state index contributed by atoms with van der Waals surface area (Å²) in [6.07, 6.45) is 7.09. The van der Waals surface area contributed by atoms with Gasteiger partial charge < -0.3 is 19.7 Å². The summed E-state index contributed by atoms with van der Waals surface area (Å²) in [5.41, 5.74) is 0. The van der Waals surface area contributed by atoms with Crippen LogP contribution in [0.25, 0.3) is 0 Å². The summed E-state index contributed by atoms with van der Waals surface area (Å²) in [7, 11) is 0. The normalized spacial score (nSPS) is 10.9.